The Morgan fingerprint density at radius 1 is 1.20 bits per heavy atom. The highest BCUT2D eigenvalue weighted by Crippen LogP contribution is 2.36. The highest BCUT2D eigenvalue weighted by atomic mass is 19.4. The molecule has 3 aromatic rings. The molecule has 9 heteroatoms. The van der Waals surface area contributed by atoms with Crippen molar-refractivity contribution in [3.63, 3.8) is 0 Å². The molecule has 0 amide bonds. The molecule has 0 spiro atoms. The predicted octanol–water partition coefficient (Wildman–Crippen LogP) is 3.19. The van der Waals surface area contributed by atoms with E-state index < -0.39 is 12.0 Å². The lowest BCUT2D eigenvalue weighted by atomic mass is 10.1. The fourth-order valence-electron chi connectivity index (χ4n) is 3.21. The van der Waals surface area contributed by atoms with Gasteiger partial charge in [0.25, 0.3) is 11.6 Å². The first kappa shape index (κ1) is 15.8. The molecule has 1 saturated heterocycles. The molecular formula is C16H15F3N6. The van der Waals surface area contributed by atoms with Crippen molar-refractivity contribution in [2.45, 2.75) is 32.0 Å². The number of hydrogen-bond donors (Lipinski definition) is 0. The molecule has 0 N–H and O–H groups in total. The Labute approximate surface area is 141 Å². The number of nitrogens with zero attached hydrogens (tertiary/aromatic N) is 6. The van der Waals surface area contributed by atoms with Crippen LogP contribution in [0.4, 0.5) is 19.0 Å². The summed E-state index contributed by atoms with van der Waals surface area (Å²) in [6.07, 6.45) is -1.09. The van der Waals surface area contributed by atoms with E-state index >= 15 is 0 Å². The lowest BCUT2D eigenvalue weighted by molar-refractivity contribution is -0.144. The van der Waals surface area contributed by atoms with Crippen molar-refractivity contribution in [3.8, 4) is 0 Å². The second-order valence-electron chi connectivity index (χ2n) is 6.01. The first-order valence-electron chi connectivity index (χ1n) is 7.92. The third-order valence-corrected chi connectivity index (χ3v) is 4.25. The summed E-state index contributed by atoms with van der Waals surface area (Å²) in [4.78, 5) is 14.1. The topological polar surface area (TPSA) is 59.2 Å². The maximum Gasteiger partial charge on any atom is 0.453 e. The zero-order valence-electron chi connectivity index (χ0n) is 13.4. The molecule has 1 fully saturated rings. The first-order chi connectivity index (χ1) is 11.9. The standard InChI is InChI=1S/C16H15F3N6/c1-10-9-13(25-15(21-10)22-14(23-25)16(17,18)19)24-8-4-6-12(24)11-5-2-3-7-20-11/h2-3,5,7,9,12H,4,6,8H2,1H3/t12-/m0/s1. The van der Waals surface area contributed by atoms with Gasteiger partial charge >= 0.3 is 6.18 Å². The summed E-state index contributed by atoms with van der Waals surface area (Å²) in [5, 5.41) is 3.65. The van der Waals surface area contributed by atoms with Crippen LogP contribution in [-0.2, 0) is 6.18 Å². The van der Waals surface area contributed by atoms with Crippen LogP contribution >= 0.6 is 0 Å². The fourth-order valence-corrected chi connectivity index (χ4v) is 3.21. The Kier molecular flexibility index (Phi) is 3.59. The monoisotopic (exact) mass is 348 g/mol. The molecule has 130 valence electrons. The van der Waals surface area contributed by atoms with Crippen LogP contribution in [0.2, 0.25) is 0 Å². The predicted molar refractivity (Wildman–Crippen MR) is 84.1 cm³/mol. The zero-order valence-corrected chi connectivity index (χ0v) is 13.4. The van der Waals surface area contributed by atoms with Crippen LogP contribution < -0.4 is 4.90 Å². The maximum atomic E-state index is 13.0. The van der Waals surface area contributed by atoms with Crippen molar-refractivity contribution in [1.82, 2.24) is 24.6 Å². The second kappa shape index (κ2) is 5.68. The number of halogens is 3. The largest absolute Gasteiger partial charge is 0.453 e. The molecule has 1 aliphatic rings. The summed E-state index contributed by atoms with van der Waals surface area (Å²) < 4.78 is 40.1. The van der Waals surface area contributed by atoms with Gasteiger partial charge in [0.15, 0.2) is 0 Å². The summed E-state index contributed by atoms with van der Waals surface area (Å²) in [5.74, 6) is -0.673. The summed E-state index contributed by atoms with van der Waals surface area (Å²) in [6, 6.07) is 7.40. The van der Waals surface area contributed by atoms with Crippen molar-refractivity contribution in [2.24, 2.45) is 0 Å². The van der Waals surface area contributed by atoms with Crippen LogP contribution in [0, 0.1) is 6.92 Å². The lowest BCUT2D eigenvalue weighted by Gasteiger charge is -2.26. The third-order valence-electron chi connectivity index (χ3n) is 4.25. The van der Waals surface area contributed by atoms with Gasteiger partial charge in [0.1, 0.15) is 5.82 Å². The van der Waals surface area contributed by atoms with Gasteiger partial charge in [-0.15, -0.1) is 5.10 Å². The number of fused-ring (bicyclic) bond motifs is 1. The highest BCUT2D eigenvalue weighted by molar-refractivity contribution is 5.50. The van der Waals surface area contributed by atoms with Gasteiger partial charge in [-0.05, 0) is 31.9 Å². The van der Waals surface area contributed by atoms with E-state index in [1.807, 2.05) is 23.1 Å². The zero-order chi connectivity index (χ0) is 17.6. The minimum absolute atomic E-state index is 0.00950. The van der Waals surface area contributed by atoms with E-state index in [0.717, 1.165) is 18.5 Å². The number of hydrogen-bond acceptors (Lipinski definition) is 5. The average Bonchev–Trinajstić information content (AvgIpc) is 3.21. The third kappa shape index (κ3) is 2.79. The fraction of sp³-hybridized carbons (Fsp3) is 0.375. The summed E-state index contributed by atoms with van der Waals surface area (Å²) in [7, 11) is 0. The van der Waals surface area contributed by atoms with E-state index in [9.17, 15) is 13.2 Å². The first-order valence-corrected chi connectivity index (χ1v) is 7.92. The molecule has 0 bridgehead atoms. The number of pyridine rings is 1. The molecule has 0 aromatic carbocycles. The molecule has 0 unspecified atom stereocenters. The van der Waals surface area contributed by atoms with Gasteiger partial charge in [0.05, 0.1) is 11.7 Å². The van der Waals surface area contributed by atoms with Crippen LogP contribution in [0.3, 0.4) is 0 Å². The van der Waals surface area contributed by atoms with Gasteiger partial charge in [-0.25, -0.2) is 4.98 Å². The van der Waals surface area contributed by atoms with Crippen LogP contribution in [0.15, 0.2) is 30.5 Å². The Hall–Kier alpha value is -2.71. The number of alkyl halides is 3. The summed E-state index contributed by atoms with van der Waals surface area (Å²) in [6.45, 7) is 2.44. The van der Waals surface area contributed by atoms with E-state index in [-0.39, 0.29) is 11.8 Å². The molecule has 25 heavy (non-hydrogen) atoms. The molecule has 6 nitrogen and oxygen atoms in total. The molecule has 4 heterocycles. The van der Waals surface area contributed by atoms with Gasteiger partial charge in [-0.1, -0.05) is 6.07 Å². The number of rotatable bonds is 2. The van der Waals surface area contributed by atoms with E-state index in [0.29, 0.717) is 18.1 Å². The van der Waals surface area contributed by atoms with Crippen molar-refractivity contribution in [2.75, 3.05) is 11.4 Å². The van der Waals surface area contributed by atoms with E-state index in [2.05, 4.69) is 20.1 Å². The molecule has 4 rings (SSSR count). The Morgan fingerprint density at radius 2 is 2.04 bits per heavy atom. The lowest BCUT2D eigenvalue weighted by Crippen LogP contribution is -2.26. The van der Waals surface area contributed by atoms with E-state index in [1.54, 1.807) is 19.2 Å². The van der Waals surface area contributed by atoms with Crippen molar-refractivity contribution in [1.29, 1.82) is 0 Å². The molecule has 0 radical (unpaired) electrons. The Balaban J connectivity index is 1.84. The van der Waals surface area contributed by atoms with Crippen LogP contribution in [0.25, 0.3) is 5.78 Å². The minimum atomic E-state index is -4.61. The Bertz CT molecular complexity index is 905. The van der Waals surface area contributed by atoms with Crippen LogP contribution in [-0.4, -0.2) is 31.1 Å². The molecule has 0 saturated carbocycles. The van der Waals surface area contributed by atoms with Gasteiger partial charge in [-0.2, -0.15) is 22.7 Å². The normalized spacial score (nSPS) is 18.2. The van der Waals surface area contributed by atoms with Gasteiger partial charge in [0, 0.05) is 24.5 Å². The number of aromatic nitrogens is 5. The molecular weight excluding hydrogens is 333 g/mol. The van der Waals surface area contributed by atoms with Crippen molar-refractivity contribution in [3.05, 3.63) is 47.7 Å². The van der Waals surface area contributed by atoms with E-state index in [4.69, 9.17) is 0 Å². The van der Waals surface area contributed by atoms with Crippen molar-refractivity contribution < 1.29 is 13.2 Å². The highest BCUT2D eigenvalue weighted by Gasteiger charge is 2.37. The molecule has 3 aromatic heterocycles. The second-order valence-corrected chi connectivity index (χ2v) is 6.01. The summed E-state index contributed by atoms with van der Waals surface area (Å²) >= 11 is 0. The number of aryl methyl sites for hydroxylation is 1. The molecule has 0 aliphatic carbocycles. The summed E-state index contributed by atoms with van der Waals surface area (Å²) in [5.41, 5.74) is 1.48. The minimum Gasteiger partial charge on any atom is -0.348 e. The van der Waals surface area contributed by atoms with Crippen molar-refractivity contribution >= 4 is 11.6 Å². The van der Waals surface area contributed by atoms with Gasteiger partial charge in [0.2, 0.25) is 0 Å². The molecule has 1 atom stereocenters. The van der Waals surface area contributed by atoms with E-state index in [1.165, 1.54) is 4.52 Å². The quantitative estimate of drug-likeness (QED) is 0.712. The van der Waals surface area contributed by atoms with Crippen LogP contribution in [0.5, 0.6) is 0 Å². The maximum absolute atomic E-state index is 13.0. The number of anilines is 1. The smallest absolute Gasteiger partial charge is 0.348 e. The van der Waals surface area contributed by atoms with Crippen LogP contribution in [0.1, 0.15) is 36.1 Å². The Morgan fingerprint density at radius 3 is 2.76 bits per heavy atom. The van der Waals surface area contributed by atoms with Gasteiger partial charge in [-0.3, -0.25) is 4.98 Å². The molecule has 1 aliphatic heterocycles. The average molecular weight is 348 g/mol. The van der Waals surface area contributed by atoms with Gasteiger partial charge < -0.3 is 4.90 Å². The SMILES string of the molecule is Cc1cc(N2CCC[C@H]2c2ccccn2)n2nc(C(F)(F)F)nc2n1.